The molecule has 0 aliphatic rings. The predicted molar refractivity (Wildman–Crippen MR) is 105 cm³/mol. The van der Waals surface area contributed by atoms with Crippen molar-refractivity contribution in [2.24, 2.45) is 5.73 Å². The number of hydrogen-bond donors (Lipinski definition) is 2. The molecule has 0 radical (unpaired) electrons. The maximum Gasteiger partial charge on any atom is 0.318 e. The van der Waals surface area contributed by atoms with E-state index in [9.17, 15) is 14.4 Å². The van der Waals surface area contributed by atoms with Crippen LogP contribution in [0.2, 0.25) is 0 Å². The maximum atomic E-state index is 13.2. The lowest BCUT2D eigenvalue weighted by Gasteiger charge is -2.17. The largest absolute Gasteiger partial charge is 0.351 e. The van der Waals surface area contributed by atoms with E-state index in [0.29, 0.717) is 21.7 Å². The summed E-state index contributed by atoms with van der Waals surface area (Å²) in [4.78, 5) is 40.8. The Morgan fingerprint density at radius 1 is 1.15 bits per heavy atom. The molecule has 0 aliphatic carbocycles. The summed E-state index contributed by atoms with van der Waals surface area (Å²) in [6.07, 6.45) is 0. The van der Waals surface area contributed by atoms with Gasteiger partial charge < -0.3 is 5.73 Å². The molecule has 3 rings (SSSR count). The predicted octanol–water partition coefficient (Wildman–Crippen LogP) is 2.37. The number of para-hydroxylation sites is 2. The Bertz CT molecular complexity index is 1090. The highest BCUT2D eigenvalue weighted by Crippen LogP contribution is 2.26. The molecule has 0 saturated carbocycles. The average molecular weight is 382 g/mol. The number of benzene rings is 2. The molecule has 7 nitrogen and oxygen atoms in total. The normalized spacial score (nSPS) is 11.9. The first-order valence-corrected chi connectivity index (χ1v) is 9.11. The van der Waals surface area contributed by atoms with Crippen molar-refractivity contribution in [3.63, 3.8) is 0 Å². The van der Waals surface area contributed by atoms with E-state index in [1.807, 2.05) is 36.5 Å². The van der Waals surface area contributed by atoms with Crippen molar-refractivity contribution in [3.8, 4) is 5.69 Å². The molecule has 0 unspecified atom stereocenters. The zero-order valence-corrected chi connectivity index (χ0v) is 15.6. The number of nitrogens with one attached hydrogen (secondary N) is 1. The Balaban J connectivity index is 2.17. The van der Waals surface area contributed by atoms with Crippen LogP contribution in [0.3, 0.4) is 0 Å². The molecule has 0 spiro atoms. The quantitative estimate of drug-likeness (QED) is 0.532. The lowest BCUT2D eigenvalue weighted by molar-refractivity contribution is -0.119. The van der Waals surface area contributed by atoms with E-state index in [1.165, 1.54) is 4.57 Å². The summed E-state index contributed by atoms with van der Waals surface area (Å²) in [6, 6.07) is 13.6. The van der Waals surface area contributed by atoms with Crippen molar-refractivity contribution in [2.45, 2.75) is 24.3 Å². The fourth-order valence-corrected chi connectivity index (χ4v) is 3.57. The van der Waals surface area contributed by atoms with Crippen molar-refractivity contribution in [2.75, 3.05) is 0 Å². The second kappa shape index (κ2) is 7.63. The van der Waals surface area contributed by atoms with E-state index in [-0.39, 0.29) is 5.56 Å². The van der Waals surface area contributed by atoms with Gasteiger partial charge in [-0.05, 0) is 37.6 Å². The smallest absolute Gasteiger partial charge is 0.318 e. The van der Waals surface area contributed by atoms with Gasteiger partial charge in [-0.3, -0.25) is 19.5 Å². The fourth-order valence-electron chi connectivity index (χ4n) is 2.65. The monoisotopic (exact) mass is 382 g/mol. The number of imide groups is 1. The van der Waals surface area contributed by atoms with Gasteiger partial charge in [-0.15, -0.1) is 0 Å². The number of nitrogens with two attached hydrogens (primary N) is 1. The number of primary amides is 1. The summed E-state index contributed by atoms with van der Waals surface area (Å²) in [5.74, 6) is -0.550. The van der Waals surface area contributed by atoms with Crippen LogP contribution in [-0.4, -0.2) is 26.7 Å². The van der Waals surface area contributed by atoms with Crippen molar-refractivity contribution in [3.05, 3.63) is 64.4 Å². The number of thioether (sulfide) groups is 1. The number of hydrogen-bond acceptors (Lipinski definition) is 5. The summed E-state index contributed by atoms with van der Waals surface area (Å²) in [5.41, 5.74) is 6.91. The van der Waals surface area contributed by atoms with Gasteiger partial charge in [0.2, 0.25) is 5.91 Å². The average Bonchev–Trinajstić information content (AvgIpc) is 2.62. The van der Waals surface area contributed by atoms with E-state index in [4.69, 9.17) is 5.73 Å². The first-order chi connectivity index (χ1) is 12.9. The molecule has 3 amide bonds. The van der Waals surface area contributed by atoms with E-state index in [0.717, 1.165) is 17.3 Å². The van der Waals surface area contributed by atoms with Gasteiger partial charge in [0, 0.05) is 0 Å². The number of amides is 3. The molecular formula is C19H18N4O3S. The molecule has 2 aromatic carbocycles. The Morgan fingerprint density at radius 3 is 2.52 bits per heavy atom. The van der Waals surface area contributed by atoms with Crippen LogP contribution in [0.5, 0.6) is 0 Å². The van der Waals surface area contributed by atoms with Crippen LogP contribution >= 0.6 is 11.8 Å². The van der Waals surface area contributed by atoms with Crippen LogP contribution in [0.1, 0.15) is 12.5 Å². The van der Waals surface area contributed by atoms with Crippen molar-refractivity contribution in [1.29, 1.82) is 0 Å². The van der Waals surface area contributed by atoms with E-state index in [1.54, 1.807) is 31.2 Å². The minimum atomic E-state index is -0.921. The fraction of sp³-hybridized carbons (Fsp3) is 0.158. The van der Waals surface area contributed by atoms with Crippen LogP contribution in [0, 0.1) is 6.92 Å². The lowest BCUT2D eigenvalue weighted by Crippen LogP contribution is -2.39. The van der Waals surface area contributed by atoms with Crippen LogP contribution in [0.25, 0.3) is 16.6 Å². The molecule has 8 heteroatoms. The van der Waals surface area contributed by atoms with Gasteiger partial charge in [0.1, 0.15) is 0 Å². The molecular weight excluding hydrogens is 364 g/mol. The molecule has 3 aromatic rings. The first-order valence-electron chi connectivity index (χ1n) is 8.23. The molecule has 0 aliphatic heterocycles. The highest BCUT2D eigenvalue weighted by molar-refractivity contribution is 8.00. The number of carbonyl (C=O) groups excluding carboxylic acids is 2. The molecule has 138 valence electrons. The van der Waals surface area contributed by atoms with Crippen molar-refractivity contribution >= 4 is 34.6 Å². The van der Waals surface area contributed by atoms with Crippen molar-refractivity contribution in [1.82, 2.24) is 14.9 Å². The Morgan fingerprint density at radius 2 is 1.81 bits per heavy atom. The first kappa shape index (κ1) is 18.7. The standard InChI is InChI=1S/C19H18N4O3S/c1-11-7-3-6-10-15(11)23-17(25)13-8-4-5-9-14(13)21-19(23)27-12(2)16(24)22-18(20)26/h3-10,12H,1-2H3,(H3,20,22,24,26)/t12-/m0/s1. The maximum absolute atomic E-state index is 13.2. The molecule has 3 N–H and O–H groups in total. The molecule has 1 aromatic heterocycles. The van der Waals surface area contributed by atoms with Gasteiger partial charge >= 0.3 is 6.03 Å². The van der Waals surface area contributed by atoms with E-state index < -0.39 is 17.2 Å². The summed E-state index contributed by atoms with van der Waals surface area (Å²) < 4.78 is 1.50. The lowest BCUT2D eigenvalue weighted by atomic mass is 10.2. The molecule has 27 heavy (non-hydrogen) atoms. The van der Waals surface area contributed by atoms with Gasteiger partial charge in [-0.2, -0.15) is 0 Å². The minimum absolute atomic E-state index is 0.222. The Kier molecular flexibility index (Phi) is 5.27. The zero-order chi connectivity index (χ0) is 19.6. The Labute approximate surface area is 159 Å². The highest BCUT2D eigenvalue weighted by Gasteiger charge is 2.21. The van der Waals surface area contributed by atoms with Crippen LogP contribution in [-0.2, 0) is 4.79 Å². The topological polar surface area (TPSA) is 107 Å². The molecule has 1 atom stereocenters. The zero-order valence-electron chi connectivity index (χ0n) is 14.8. The van der Waals surface area contributed by atoms with Gasteiger partial charge in [-0.25, -0.2) is 9.78 Å². The summed E-state index contributed by atoms with van der Waals surface area (Å²) in [7, 11) is 0. The third-order valence-electron chi connectivity index (χ3n) is 4.00. The van der Waals surface area contributed by atoms with Crippen LogP contribution < -0.4 is 16.6 Å². The van der Waals surface area contributed by atoms with Crippen LogP contribution in [0.15, 0.2) is 58.5 Å². The molecule has 0 fully saturated rings. The van der Waals surface area contributed by atoms with Gasteiger partial charge in [-0.1, -0.05) is 42.1 Å². The summed E-state index contributed by atoms with van der Waals surface area (Å²) >= 11 is 1.08. The van der Waals surface area contributed by atoms with Gasteiger partial charge in [0.25, 0.3) is 5.56 Å². The van der Waals surface area contributed by atoms with E-state index in [2.05, 4.69) is 4.98 Å². The summed E-state index contributed by atoms with van der Waals surface area (Å²) in [5, 5.41) is 2.22. The highest BCUT2D eigenvalue weighted by atomic mass is 32.2. The Hall–Kier alpha value is -3.13. The number of nitrogens with zero attached hydrogens (tertiary/aromatic N) is 2. The second-order valence-corrected chi connectivity index (χ2v) is 7.26. The number of urea groups is 1. The van der Waals surface area contributed by atoms with E-state index >= 15 is 0 Å². The number of aromatic nitrogens is 2. The number of carbonyl (C=O) groups is 2. The van der Waals surface area contributed by atoms with Gasteiger partial charge in [0.05, 0.1) is 21.8 Å². The molecule has 1 heterocycles. The number of rotatable bonds is 4. The number of fused-ring (bicyclic) bond motifs is 1. The summed E-state index contributed by atoms with van der Waals surface area (Å²) in [6.45, 7) is 3.51. The molecule has 0 saturated heterocycles. The third kappa shape index (κ3) is 3.85. The van der Waals surface area contributed by atoms with Gasteiger partial charge in [0.15, 0.2) is 5.16 Å². The minimum Gasteiger partial charge on any atom is -0.351 e. The second-order valence-electron chi connectivity index (χ2n) is 5.95. The van der Waals surface area contributed by atoms with Crippen LogP contribution in [0.4, 0.5) is 4.79 Å². The third-order valence-corrected chi connectivity index (χ3v) is 5.05. The van der Waals surface area contributed by atoms with Crippen molar-refractivity contribution < 1.29 is 9.59 Å². The number of aryl methyl sites for hydroxylation is 1. The molecule has 0 bridgehead atoms. The SMILES string of the molecule is Cc1ccccc1-n1c(S[C@@H](C)C(=O)NC(N)=O)nc2ccccc2c1=O.